The van der Waals surface area contributed by atoms with Gasteiger partial charge in [-0.15, -0.1) is 0 Å². The predicted molar refractivity (Wildman–Crippen MR) is 136 cm³/mol. The van der Waals surface area contributed by atoms with E-state index in [-0.39, 0.29) is 17.9 Å². The molecule has 0 aromatic heterocycles. The van der Waals surface area contributed by atoms with Crippen LogP contribution in [0.1, 0.15) is 61.4 Å². The monoisotopic (exact) mass is 473 g/mol. The van der Waals surface area contributed by atoms with Crippen molar-refractivity contribution in [2.75, 3.05) is 22.9 Å². The number of hydrogen-bond acceptors (Lipinski definition) is 4. The molecule has 3 N–H and O–H groups in total. The third kappa shape index (κ3) is 7.17. The molecule has 172 valence electrons. The Morgan fingerprint density at radius 2 is 1.84 bits per heavy atom. The normalized spacial score (nSPS) is 14.9. The minimum Gasteiger partial charge on any atom is -0.371 e. The molecule has 32 heavy (non-hydrogen) atoms. The van der Waals surface area contributed by atoms with E-state index in [1.165, 1.54) is 25.7 Å². The summed E-state index contributed by atoms with van der Waals surface area (Å²) in [6.45, 7) is 2.88. The second-order valence-corrected chi connectivity index (χ2v) is 9.51. The van der Waals surface area contributed by atoms with Crippen LogP contribution in [0.4, 0.5) is 11.4 Å². The summed E-state index contributed by atoms with van der Waals surface area (Å²) in [5.74, 6) is 1.17. The van der Waals surface area contributed by atoms with Gasteiger partial charge in [0.2, 0.25) is 5.91 Å². The standard InChI is InChI=1S/C25H32ClN3O2S/c1-2-3-4-5-6-9-14-27-24(30)18-12-13-21-22(15-18)29-25(31)23(28-21)17-32-16-19-10-7-8-11-20(19)26/h7-8,10-13,15,23,28H,2-6,9,14,16-17H2,1H3,(H,27,30)(H,29,31). The largest absolute Gasteiger partial charge is 0.371 e. The summed E-state index contributed by atoms with van der Waals surface area (Å²) >= 11 is 7.87. The molecule has 0 saturated carbocycles. The van der Waals surface area contributed by atoms with E-state index in [1.54, 1.807) is 23.9 Å². The van der Waals surface area contributed by atoms with E-state index >= 15 is 0 Å². The first-order chi connectivity index (χ1) is 15.6. The quantitative estimate of drug-likeness (QED) is 0.326. The third-order valence-electron chi connectivity index (χ3n) is 5.50. The number of nitrogens with one attached hydrogen (secondary N) is 3. The topological polar surface area (TPSA) is 70.2 Å². The fraction of sp³-hybridized carbons (Fsp3) is 0.440. The van der Waals surface area contributed by atoms with E-state index in [0.29, 0.717) is 23.5 Å². The highest BCUT2D eigenvalue weighted by atomic mass is 35.5. The number of unbranched alkanes of at least 4 members (excludes halogenated alkanes) is 5. The molecule has 0 spiro atoms. The molecule has 0 saturated heterocycles. The number of amides is 2. The van der Waals surface area contributed by atoms with Gasteiger partial charge in [-0.05, 0) is 36.2 Å². The molecule has 2 aromatic rings. The molecule has 1 unspecified atom stereocenters. The summed E-state index contributed by atoms with van der Waals surface area (Å²) in [5.41, 5.74) is 3.10. The smallest absolute Gasteiger partial charge is 0.251 e. The maximum Gasteiger partial charge on any atom is 0.251 e. The van der Waals surface area contributed by atoms with Crippen molar-refractivity contribution >= 4 is 46.6 Å². The maximum atomic E-state index is 12.6. The molecular weight excluding hydrogens is 442 g/mol. The predicted octanol–water partition coefficient (Wildman–Crippen LogP) is 6.10. The van der Waals surface area contributed by atoms with Gasteiger partial charge in [-0.1, -0.05) is 68.8 Å². The Morgan fingerprint density at radius 1 is 1.06 bits per heavy atom. The van der Waals surface area contributed by atoms with Crippen LogP contribution >= 0.6 is 23.4 Å². The zero-order valence-electron chi connectivity index (χ0n) is 18.6. The Hall–Kier alpha value is -2.18. The van der Waals surface area contributed by atoms with Gasteiger partial charge in [-0.3, -0.25) is 9.59 Å². The maximum absolute atomic E-state index is 12.6. The minimum absolute atomic E-state index is 0.0891. The number of carbonyl (C=O) groups is 2. The molecule has 3 rings (SSSR count). The van der Waals surface area contributed by atoms with Crippen LogP contribution in [0.25, 0.3) is 0 Å². The second kappa shape index (κ2) is 12.8. The number of carbonyl (C=O) groups excluding carboxylic acids is 2. The van der Waals surface area contributed by atoms with Crippen LogP contribution in [0.5, 0.6) is 0 Å². The minimum atomic E-state index is -0.331. The van der Waals surface area contributed by atoms with E-state index in [1.807, 2.05) is 30.3 Å². The van der Waals surface area contributed by atoms with E-state index in [2.05, 4.69) is 22.9 Å². The third-order valence-corrected chi connectivity index (χ3v) is 6.95. The summed E-state index contributed by atoms with van der Waals surface area (Å²) in [7, 11) is 0. The molecular formula is C25H32ClN3O2S. The first-order valence-corrected chi connectivity index (χ1v) is 12.9. The molecule has 0 bridgehead atoms. The fourth-order valence-electron chi connectivity index (χ4n) is 3.62. The lowest BCUT2D eigenvalue weighted by atomic mass is 10.1. The number of hydrogen-bond donors (Lipinski definition) is 3. The zero-order chi connectivity index (χ0) is 22.8. The van der Waals surface area contributed by atoms with E-state index in [4.69, 9.17) is 11.6 Å². The van der Waals surface area contributed by atoms with Crippen molar-refractivity contribution in [2.24, 2.45) is 0 Å². The van der Waals surface area contributed by atoms with Crippen LogP contribution in [-0.4, -0.2) is 30.2 Å². The summed E-state index contributed by atoms with van der Waals surface area (Å²) < 4.78 is 0. The average molecular weight is 474 g/mol. The van der Waals surface area contributed by atoms with Gasteiger partial charge in [0.15, 0.2) is 0 Å². The van der Waals surface area contributed by atoms with Crippen LogP contribution in [-0.2, 0) is 10.5 Å². The average Bonchev–Trinajstić information content (AvgIpc) is 2.79. The Balaban J connectivity index is 1.46. The van der Waals surface area contributed by atoms with Crippen LogP contribution in [0.3, 0.4) is 0 Å². The second-order valence-electron chi connectivity index (χ2n) is 8.08. The highest BCUT2D eigenvalue weighted by Gasteiger charge is 2.26. The zero-order valence-corrected chi connectivity index (χ0v) is 20.2. The van der Waals surface area contributed by atoms with Gasteiger partial charge in [-0.2, -0.15) is 11.8 Å². The molecule has 1 aliphatic heterocycles. The van der Waals surface area contributed by atoms with Gasteiger partial charge in [-0.25, -0.2) is 0 Å². The van der Waals surface area contributed by atoms with Crippen LogP contribution in [0.15, 0.2) is 42.5 Å². The summed E-state index contributed by atoms with van der Waals surface area (Å²) in [5, 5.41) is 9.96. The van der Waals surface area contributed by atoms with E-state index in [0.717, 1.165) is 34.9 Å². The summed E-state index contributed by atoms with van der Waals surface area (Å²) in [4.78, 5) is 25.0. The van der Waals surface area contributed by atoms with Gasteiger partial charge in [0.05, 0.1) is 11.4 Å². The van der Waals surface area contributed by atoms with E-state index in [9.17, 15) is 9.59 Å². The van der Waals surface area contributed by atoms with Crippen molar-refractivity contribution in [1.29, 1.82) is 0 Å². The molecule has 1 atom stereocenters. The van der Waals surface area contributed by atoms with Gasteiger partial charge >= 0.3 is 0 Å². The van der Waals surface area contributed by atoms with Gasteiger partial charge in [0.25, 0.3) is 5.91 Å². The first kappa shape index (κ1) is 24.5. The molecule has 2 amide bonds. The van der Waals surface area contributed by atoms with Crippen molar-refractivity contribution in [3.05, 3.63) is 58.6 Å². The Morgan fingerprint density at radius 3 is 2.66 bits per heavy atom. The molecule has 1 aliphatic rings. The Bertz CT molecular complexity index is 922. The molecule has 0 radical (unpaired) electrons. The molecule has 2 aromatic carbocycles. The summed E-state index contributed by atoms with van der Waals surface area (Å²) in [6, 6.07) is 12.8. The highest BCUT2D eigenvalue weighted by Crippen LogP contribution is 2.29. The molecule has 1 heterocycles. The van der Waals surface area contributed by atoms with Crippen molar-refractivity contribution in [3.63, 3.8) is 0 Å². The van der Waals surface area contributed by atoms with Gasteiger partial charge in [0.1, 0.15) is 6.04 Å². The Kier molecular flexibility index (Phi) is 9.75. The molecule has 5 nitrogen and oxygen atoms in total. The molecule has 0 fully saturated rings. The van der Waals surface area contributed by atoms with Gasteiger partial charge in [0, 0.05) is 28.6 Å². The lowest BCUT2D eigenvalue weighted by molar-refractivity contribution is -0.116. The van der Waals surface area contributed by atoms with Gasteiger partial charge < -0.3 is 16.0 Å². The van der Waals surface area contributed by atoms with Crippen LogP contribution < -0.4 is 16.0 Å². The van der Waals surface area contributed by atoms with Crippen molar-refractivity contribution < 1.29 is 9.59 Å². The number of halogens is 1. The number of rotatable bonds is 12. The molecule has 0 aliphatic carbocycles. The van der Waals surface area contributed by atoms with Crippen molar-refractivity contribution in [1.82, 2.24) is 5.32 Å². The number of thioether (sulfide) groups is 1. The SMILES string of the molecule is CCCCCCCCNC(=O)c1ccc2c(c1)NC(=O)C(CSCc1ccccc1Cl)N2. The van der Waals surface area contributed by atoms with Crippen LogP contribution in [0, 0.1) is 0 Å². The number of fused-ring (bicyclic) bond motifs is 1. The lowest BCUT2D eigenvalue weighted by Gasteiger charge is -2.27. The highest BCUT2D eigenvalue weighted by molar-refractivity contribution is 7.98. The van der Waals surface area contributed by atoms with Crippen molar-refractivity contribution in [2.45, 2.75) is 57.2 Å². The summed E-state index contributed by atoms with van der Waals surface area (Å²) in [6.07, 6.45) is 7.14. The first-order valence-electron chi connectivity index (χ1n) is 11.4. The number of anilines is 2. The molecule has 7 heteroatoms. The van der Waals surface area contributed by atoms with Crippen molar-refractivity contribution in [3.8, 4) is 0 Å². The van der Waals surface area contributed by atoms with Crippen LogP contribution in [0.2, 0.25) is 5.02 Å². The lowest BCUT2D eigenvalue weighted by Crippen LogP contribution is -2.40. The van der Waals surface area contributed by atoms with E-state index < -0.39 is 0 Å². The Labute approximate surface area is 200 Å². The fourth-order valence-corrected chi connectivity index (χ4v) is 4.96. The number of benzene rings is 2.